The topological polar surface area (TPSA) is 79.7 Å². The van der Waals surface area contributed by atoms with Crippen LogP contribution in [0, 0.1) is 5.92 Å². The third-order valence-electron chi connectivity index (χ3n) is 3.57. The SMILES string of the molecule is CC(CN)C(=O)N(Cc1ccccc1)CC(O)c1ccco1.Cl. The fourth-order valence-corrected chi connectivity index (χ4v) is 2.23. The van der Waals surface area contributed by atoms with Crippen molar-refractivity contribution in [1.29, 1.82) is 0 Å². The van der Waals surface area contributed by atoms with E-state index in [1.165, 1.54) is 6.26 Å². The number of carbonyl (C=O) groups excluding carboxylic acids is 1. The van der Waals surface area contributed by atoms with Crippen molar-refractivity contribution in [2.75, 3.05) is 13.1 Å². The number of benzene rings is 1. The number of furan rings is 1. The van der Waals surface area contributed by atoms with Gasteiger partial charge in [0.15, 0.2) is 0 Å². The predicted octanol–water partition coefficient (Wildman–Crippen LogP) is 2.36. The van der Waals surface area contributed by atoms with Crippen LogP contribution in [0.25, 0.3) is 0 Å². The van der Waals surface area contributed by atoms with Crippen molar-refractivity contribution in [1.82, 2.24) is 4.90 Å². The van der Waals surface area contributed by atoms with Crippen molar-refractivity contribution in [2.45, 2.75) is 19.6 Å². The first-order chi connectivity index (χ1) is 10.6. The minimum atomic E-state index is -0.854. The van der Waals surface area contributed by atoms with Crippen molar-refractivity contribution in [3.05, 3.63) is 60.1 Å². The van der Waals surface area contributed by atoms with E-state index in [0.717, 1.165) is 5.56 Å². The van der Waals surface area contributed by atoms with Gasteiger partial charge in [0.1, 0.15) is 11.9 Å². The second-order valence-electron chi connectivity index (χ2n) is 5.37. The molecule has 0 saturated carbocycles. The van der Waals surface area contributed by atoms with E-state index >= 15 is 0 Å². The van der Waals surface area contributed by atoms with Gasteiger partial charge in [0, 0.05) is 19.0 Å². The molecule has 0 fully saturated rings. The van der Waals surface area contributed by atoms with E-state index in [1.807, 2.05) is 30.3 Å². The molecule has 2 rings (SSSR count). The van der Waals surface area contributed by atoms with Crippen LogP contribution in [0.15, 0.2) is 53.1 Å². The average Bonchev–Trinajstić information content (AvgIpc) is 3.08. The number of halogens is 1. The number of rotatable bonds is 7. The number of carbonyl (C=O) groups is 1. The van der Waals surface area contributed by atoms with Crippen molar-refractivity contribution >= 4 is 18.3 Å². The van der Waals surface area contributed by atoms with Crippen LogP contribution in [-0.4, -0.2) is 29.0 Å². The number of aliphatic hydroxyl groups excluding tert-OH is 1. The Balaban J connectivity index is 0.00000264. The van der Waals surface area contributed by atoms with Crippen LogP contribution < -0.4 is 5.73 Å². The van der Waals surface area contributed by atoms with E-state index in [-0.39, 0.29) is 37.3 Å². The highest BCUT2D eigenvalue weighted by Crippen LogP contribution is 2.18. The predicted molar refractivity (Wildman–Crippen MR) is 91.0 cm³/mol. The second-order valence-corrected chi connectivity index (χ2v) is 5.37. The van der Waals surface area contributed by atoms with Crippen molar-refractivity contribution < 1.29 is 14.3 Å². The largest absolute Gasteiger partial charge is 0.467 e. The third kappa shape index (κ3) is 5.39. The van der Waals surface area contributed by atoms with Gasteiger partial charge in [-0.2, -0.15) is 0 Å². The van der Waals surface area contributed by atoms with Gasteiger partial charge < -0.3 is 20.2 Å². The molecular formula is C17H23ClN2O3. The molecule has 0 saturated heterocycles. The van der Waals surface area contributed by atoms with Crippen LogP contribution in [-0.2, 0) is 11.3 Å². The minimum Gasteiger partial charge on any atom is -0.467 e. The molecule has 1 heterocycles. The first-order valence-electron chi connectivity index (χ1n) is 7.36. The Morgan fingerprint density at radius 2 is 1.96 bits per heavy atom. The summed E-state index contributed by atoms with van der Waals surface area (Å²) < 4.78 is 5.20. The summed E-state index contributed by atoms with van der Waals surface area (Å²) in [7, 11) is 0. The minimum absolute atomic E-state index is 0. The lowest BCUT2D eigenvalue weighted by molar-refractivity contribution is -0.137. The van der Waals surface area contributed by atoms with Gasteiger partial charge in [-0.3, -0.25) is 4.79 Å². The lowest BCUT2D eigenvalue weighted by Gasteiger charge is -2.27. The van der Waals surface area contributed by atoms with Gasteiger partial charge in [0.05, 0.1) is 12.8 Å². The van der Waals surface area contributed by atoms with Crippen molar-refractivity contribution in [3.8, 4) is 0 Å². The van der Waals surface area contributed by atoms with Crippen LogP contribution in [0.3, 0.4) is 0 Å². The Morgan fingerprint density at radius 1 is 1.26 bits per heavy atom. The maximum Gasteiger partial charge on any atom is 0.227 e. The number of hydrogen-bond donors (Lipinski definition) is 2. The highest BCUT2D eigenvalue weighted by Gasteiger charge is 2.23. The van der Waals surface area contributed by atoms with Gasteiger partial charge in [-0.05, 0) is 17.7 Å². The molecule has 2 atom stereocenters. The van der Waals surface area contributed by atoms with E-state index in [1.54, 1.807) is 24.0 Å². The summed E-state index contributed by atoms with van der Waals surface area (Å²) in [6.45, 7) is 2.67. The molecule has 0 aliphatic rings. The van der Waals surface area contributed by atoms with E-state index in [9.17, 15) is 9.90 Å². The van der Waals surface area contributed by atoms with Gasteiger partial charge in [-0.15, -0.1) is 12.4 Å². The molecule has 3 N–H and O–H groups in total. The number of amides is 1. The van der Waals surface area contributed by atoms with Gasteiger partial charge in [0.25, 0.3) is 0 Å². The summed E-state index contributed by atoms with van der Waals surface area (Å²) >= 11 is 0. The fourth-order valence-electron chi connectivity index (χ4n) is 2.23. The lowest BCUT2D eigenvalue weighted by atomic mass is 10.1. The van der Waals surface area contributed by atoms with Crippen LogP contribution >= 0.6 is 12.4 Å². The molecule has 1 aromatic carbocycles. The zero-order valence-corrected chi connectivity index (χ0v) is 13.9. The lowest BCUT2D eigenvalue weighted by Crippen LogP contribution is -2.39. The second kappa shape index (κ2) is 9.35. The van der Waals surface area contributed by atoms with Crippen LogP contribution in [0.4, 0.5) is 0 Å². The Hall–Kier alpha value is -1.82. The Labute approximate surface area is 142 Å². The van der Waals surface area contributed by atoms with Crippen LogP contribution in [0.5, 0.6) is 0 Å². The molecule has 2 unspecified atom stereocenters. The summed E-state index contributed by atoms with van der Waals surface area (Å²) in [5.41, 5.74) is 6.61. The fraction of sp³-hybridized carbons (Fsp3) is 0.353. The quantitative estimate of drug-likeness (QED) is 0.812. The summed E-state index contributed by atoms with van der Waals surface area (Å²) in [4.78, 5) is 14.1. The van der Waals surface area contributed by atoms with Gasteiger partial charge in [0.2, 0.25) is 5.91 Å². The monoisotopic (exact) mass is 338 g/mol. The molecule has 1 aromatic heterocycles. The summed E-state index contributed by atoms with van der Waals surface area (Å²) in [6.07, 6.45) is 0.650. The number of hydrogen-bond acceptors (Lipinski definition) is 4. The van der Waals surface area contributed by atoms with E-state index < -0.39 is 6.10 Å². The highest BCUT2D eigenvalue weighted by molar-refractivity contribution is 5.85. The van der Waals surface area contributed by atoms with Crippen molar-refractivity contribution in [2.24, 2.45) is 11.7 Å². The molecule has 0 radical (unpaired) electrons. The van der Waals surface area contributed by atoms with Crippen molar-refractivity contribution in [3.63, 3.8) is 0 Å². The molecule has 0 bridgehead atoms. The molecule has 2 aromatic rings. The molecule has 0 aliphatic heterocycles. The van der Waals surface area contributed by atoms with E-state index in [2.05, 4.69) is 0 Å². The number of aliphatic hydroxyl groups is 1. The first kappa shape index (κ1) is 19.2. The standard InChI is InChI=1S/C17H22N2O3.ClH/c1-13(10-18)17(21)19(11-14-6-3-2-4-7-14)12-15(20)16-8-5-9-22-16;/h2-9,13,15,20H,10-12,18H2,1H3;1H. The molecule has 23 heavy (non-hydrogen) atoms. The molecule has 5 nitrogen and oxygen atoms in total. The molecule has 0 spiro atoms. The van der Waals surface area contributed by atoms with E-state index in [0.29, 0.717) is 12.3 Å². The number of nitrogens with zero attached hydrogens (tertiary/aromatic N) is 1. The third-order valence-corrected chi connectivity index (χ3v) is 3.57. The number of nitrogens with two attached hydrogens (primary N) is 1. The van der Waals surface area contributed by atoms with Gasteiger partial charge >= 0.3 is 0 Å². The molecule has 0 aliphatic carbocycles. The molecular weight excluding hydrogens is 316 g/mol. The average molecular weight is 339 g/mol. The van der Waals surface area contributed by atoms with Crippen LogP contribution in [0.2, 0.25) is 0 Å². The zero-order chi connectivity index (χ0) is 15.9. The maximum absolute atomic E-state index is 12.5. The molecule has 1 amide bonds. The normalized spacial score (nSPS) is 13.0. The van der Waals surface area contributed by atoms with Crippen LogP contribution in [0.1, 0.15) is 24.4 Å². The molecule has 6 heteroatoms. The smallest absolute Gasteiger partial charge is 0.227 e. The highest BCUT2D eigenvalue weighted by atomic mass is 35.5. The molecule has 126 valence electrons. The zero-order valence-electron chi connectivity index (χ0n) is 13.1. The maximum atomic E-state index is 12.5. The van der Waals surface area contributed by atoms with Gasteiger partial charge in [-0.1, -0.05) is 37.3 Å². The summed E-state index contributed by atoms with van der Waals surface area (Å²) in [5.74, 6) is 0.0933. The summed E-state index contributed by atoms with van der Waals surface area (Å²) in [6, 6.07) is 13.1. The van der Waals surface area contributed by atoms with E-state index in [4.69, 9.17) is 10.2 Å². The summed E-state index contributed by atoms with van der Waals surface area (Å²) in [5, 5.41) is 10.2. The Bertz CT molecular complexity index is 575. The Morgan fingerprint density at radius 3 is 2.52 bits per heavy atom. The van der Waals surface area contributed by atoms with Gasteiger partial charge in [-0.25, -0.2) is 0 Å². The Kier molecular flexibility index (Phi) is 7.81. The first-order valence-corrected chi connectivity index (χ1v) is 7.36.